The third-order valence-electron chi connectivity index (χ3n) is 20.0. The molecule has 0 saturated heterocycles. The number of esters is 4. The van der Waals surface area contributed by atoms with E-state index in [9.17, 15) is 43.2 Å². The molecule has 0 aliphatic rings. The van der Waals surface area contributed by atoms with Gasteiger partial charge in [0, 0.05) is 25.7 Å². The van der Waals surface area contributed by atoms with Crippen LogP contribution < -0.4 is 0 Å². The smallest absolute Gasteiger partial charge is 0.462 e. The molecule has 0 aliphatic carbocycles. The fraction of sp³-hybridized carbons (Fsp3) is 0.953. The van der Waals surface area contributed by atoms with E-state index in [-0.39, 0.29) is 25.7 Å². The summed E-state index contributed by atoms with van der Waals surface area (Å²) in [5, 5.41) is 10.7. The molecule has 17 nitrogen and oxygen atoms in total. The molecule has 0 amide bonds. The normalized spacial score (nSPS) is 13.8. The second-order valence-electron chi connectivity index (χ2n) is 31.5. The quantitative estimate of drug-likeness (QED) is 0.0222. The first kappa shape index (κ1) is 102. The van der Waals surface area contributed by atoms with Crippen LogP contribution >= 0.6 is 15.6 Å². The third kappa shape index (κ3) is 78.2. The van der Waals surface area contributed by atoms with Gasteiger partial charge in [0.25, 0.3) is 0 Å². The summed E-state index contributed by atoms with van der Waals surface area (Å²) in [5.74, 6) is -0.490. The van der Waals surface area contributed by atoms with Gasteiger partial charge in [-0.1, -0.05) is 401 Å². The number of phosphoric ester groups is 2. The van der Waals surface area contributed by atoms with Gasteiger partial charge in [-0.2, -0.15) is 0 Å². The van der Waals surface area contributed by atoms with E-state index in [1.54, 1.807) is 0 Å². The van der Waals surface area contributed by atoms with Crippen LogP contribution in [-0.4, -0.2) is 96.7 Å². The fourth-order valence-electron chi connectivity index (χ4n) is 13.2. The number of aliphatic hydroxyl groups excluding tert-OH is 1. The van der Waals surface area contributed by atoms with Crippen molar-refractivity contribution >= 4 is 39.5 Å². The third-order valence-corrected chi connectivity index (χ3v) is 21.9. The summed E-state index contributed by atoms with van der Waals surface area (Å²) in [7, 11) is -9.93. The predicted molar refractivity (Wildman–Crippen MR) is 428 cm³/mol. The van der Waals surface area contributed by atoms with E-state index in [1.165, 1.54) is 270 Å². The molecular weight excluding hydrogens is 1350 g/mol. The highest BCUT2D eigenvalue weighted by Crippen LogP contribution is 2.45. The second kappa shape index (κ2) is 76.4. The Morgan fingerprint density at radius 1 is 0.260 bits per heavy atom. The molecule has 0 aliphatic heterocycles. The SMILES string of the molecule is CCCCCCCCCCCCCCCCCCC(=O)O[C@H](COC(=O)CCCCCCCCCCCCC)COP(=O)(O)OC[C@H](O)COP(=O)(O)OC[C@@H](COC(=O)CCCCCCCCCCCCCCCC(C)C)OC(=O)CCCCCCCCCCCCCCCCCCCCC(C)C. The minimum atomic E-state index is -4.96. The molecule has 0 aromatic carbocycles. The van der Waals surface area contributed by atoms with Gasteiger partial charge in [0.1, 0.15) is 19.3 Å². The fourth-order valence-corrected chi connectivity index (χ4v) is 14.8. The zero-order valence-electron chi connectivity index (χ0n) is 68.3. The number of aliphatic hydroxyl groups is 1. The summed E-state index contributed by atoms with van der Waals surface area (Å²) in [6, 6.07) is 0. The van der Waals surface area contributed by atoms with Crippen LogP contribution in [0.2, 0.25) is 0 Å². The number of phosphoric acid groups is 2. The van der Waals surface area contributed by atoms with Gasteiger partial charge in [-0.3, -0.25) is 37.3 Å². The summed E-state index contributed by atoms with van der Waals surface area (Å²) in [5.41, 5.74) is 0. The highest BCUT2D eigenvalue weighted by molar-refractivity contribution is 7.47. The Morgan fingerprint density at radius 2 is 0.442 bits per heavy atom. The lowest BCUT2D eigenvalue weighted by molar-refractivity contribution is -0.161. The van der Waals surface area contributed by atoms with E-state index in [1.807, 2.05) is 0 Å². The van der Waals surface area contributed by atoms with E-state index in [0.717, 1.165) is 102 Å². The molecule has 0 radical (unpaired) electrons. The average molecular weight is 1520 g/mol. The van der Waals surface area contributed by atoms with E-state index in [4.69, 9.17) is 37.0 Å². The van der Waals surface area contributed by atoms with Crippen molar-refractivity contribution < 1.29 is 80.2 Å². The molecule has 0 saturated carbocycles. The highest BCUT2D eigenvalue weighted by atomic mass is 31.2. The molecule has 0 aromatic heterocycles. The first-order valence-corrected chi connectivity index (χ1v) is 47.0. The van der Waals surface area contributed by atoms with Gasteiger partial charge in [-0.05, 0) is 37.5 Å². The molecular formula is C85H166O17P2. The van der Waals surface area contributed by atoms with Gasteiger partial charge >= 0.3 is 39.5 Å². The molecule has 618 valence electrons. The summed E-state index contributed by atoms with van der Waals surface area (Å²) >= 11 is 0. The number of carbonyl (C=O) groups is 4. The molecule has 3 N–H and O–H groups in total. The number of hydrogen-bond donors (Lipinski definition) is 3. The van der Waals surface area contributed by atoms with Crippen molar-refractivity contribution in [1.82, 2.24) is 0 Å². The number of unbranched alkanes of at least 4 members (excludes halogenated alkanes) is 54. The maximum absolute atomic E-state index is 13.1. The maximum Gasteiger partial charge on any atom is 0.472 e. The number of hydrogen-bond acceptors (Lipinski definition) is 15. The van der Waals surface area contributed by atoms with Gasteiger partial charge in [0.15, 0.2) is 12.2 Å². The molecule has 0 rings (SSSR count). The molecule has 0 aromatic rings. The summed E-state index contributed by atoms with van der Waals surface area (Å²) in [6.07, 6.45) is 67.9. The van der Waals surface area contributed by atoms with E-state index in [0.29, 0.717) is 25.7 Å². The summed E-state index contributed by atoms with van der Waals surface area (Å²) < 4.78 is 68.9. The lowest BCUT2D eigenvalue weighted by atomic mass is 10.0. The van der Waals surface area contributed by atoms with E-state index >= 15 is 0 Å². The zero-order chi connectivity index (χ0) is 76.4. The first-order valence-electron chi connectivity index (χ1n) is 44.0. The van der Waals surface area contributed by atoms with Crippen molar-refractivity contribution in [3.8, 4) is 0 Å². The topological polar surface area (TPSA) is 237 Å². The minimum Gasteiger partial charge on any atom is -0.462 e. The van der Waals surface area contributed by atoms with Crippen molar-refractivity contribution in [1.29, 1.82) is 0 Å². The molecule has 0 bridgehead atoms. The number of ether oxygens (including phenoxy) is 4. The van der Waals surface area contributed by atoms with Gasteiger partial charge in [0.2, 0.25) is 0 Å². The monoisotopic (exact) mass is 1520 g/mol. The molecule has 5 atom stereocenters. The number of rotatable bonds is 84. The zero-order valence-corrected chi connectivity index (χ0v) is 70.1. The summed E-state index contributed by atoms with van der Waals surface area (Å²) in [6.45, 7) is 9.72. The molecule has 0 spiro atoms. The molecule has 0 fully saturated rings. The van der Waals surface area contributed by atoms with Crippen LogP contribution in [0.15, 0.2) is 0 Å². The average Bonchev–Trinajstić information content (AvgIpc) is 0.932. The van der Waals surface area contributed by atoms with Crippen molar-refractivity contribution in [2.45, 2.75) is 471 Å². The van der Waals surface area contributed by atoms with Crippen LogP contribution in [0.4, 0.5) is 0 Å². The maximum atomic E-state index is 13.1. The van der Waals surface area contributed by atoms with Crippen LogP contribution in [0.5, 0.6) is 0 Å². The van der Waals surface area contributed by atoms with Crippen molar-refractivity contribution in [2.75, 3.05) is 39.6 Å². The van der Waals surface area contributed by atoms with Crippen LogP contribution in [0, 0.1) is 11.8 Å². The van der Waals surface area contributed by atoms with Crippen molar-refractivity contribution in [2.24, 2.45) is 11.8 Å². The minimum absolute atomic E-state index is 0.109. The van der Waals surface area contributed by atoms with Crippen molar-refractivity contribution in [3.63, 3.8) is 0 Å². The highest BCUT2D eigenvalue weighted by Gasteiger charge is 2.30. The van der Waals surface area contributed by atoms with Gasteiger partial charge in [0.05, 0.1) is 26.4 Å². The van der Waals surface area contributed by atoms with E-state index in [2.05, 4.69) is 41.5 Å². The van der Waals surface area contributed by atoms with Crippen molar-refractivity contribution in [3.05, 3.63) is 0 Å². The predicted octanol–water partition coefficient (Wildman–Crippen LogP) is 25.8. The lowest BCUT2D eigenvalue weighted by Gasteiger charge is -2.21. The Bertz CT molecular complexity index is 1990. The second-order valence-corrected chi connectivity index (χ2v) is 34.4. The molecule has 19 heteroatoms. The standard InChI is InChI=1S/C85H166O17P2/c1-7-9-11-13-15-17-19-20-21-27-32-39-45-51-57-63-69-84(89)101-80(73-95-82(87)67-61-55-49-43-35-18-16-14-12-10-8-2)75-99-103(91,92)97-71-79(86)72-98-104(93,94)100-76-81(74-96-83(88)68-62-56-50-44-38-34-29-31-37-42-48-54-60-66-78(5)6)102-85(90)70-64-58-52-46-40-33-28-25-23-22-24-26-30-36-41-47-53-59-65-77(3)4/h77-81,86H,7-76H2,1-6H3,(H,91,92)(H,93,94)/t79-,80+,81+/m0/s1. The van der Waals surface area contributed by atoms with Crippen LogP contribution in [0.3, 0.4) is 0 Å². The van der Waals surface area contributed by atoms with Gasteiger partial charge in [-0.25, -0.2) is 9.13 Å². The van der Waals surface area contributed by atoms with Crippen LogP contribution in [0.1, 0.15) is 452 Å². The first-order chi connectivity index (χ1) is 50.4. The lowest BCUT2D eigenvalue weighted by Crippen LogP contribution is -2.30. The van der Waals surface area contributed by atoms with Crippen LogP contribution in [0.25, 0.3) is 0 Å². The molecule has 2 unspecified atom stereocenters. The summed E-state index contributed by atoms with van der Waals surface area (Å²) in [4.78, 5) is 73.2. The van der Waals surface area contributed by atoms with Crippen LogP contribution in [-0.2, 0) is 65.4 Å². The Morgan fingerprint density at radius 3 is 0.654 bits per heavy atom. The Kier molecular flexibility index (Phi) is 75.0. The Hall–Kier alpha value is -1.94. The van der Waals surface area contributed by atoms with E-state index < -0.39 is 97.5 Å². The largest absolute Gasteiger partial charge is 0.472 e. The Labute approximate surface area is 638 Å². The van der Waals surface area contributed by atoms with Gasteiger partial charge in [-0.15, -0.1) is 0 Å². The molecule has 104 heavy (non-hydrogen) atoms. The number of carbonyl (C=O) groups excluding carboxylic acids is 4. The van der Waals surface area contributed by atoms with Gasteiger partial charge < -0.3 is 33.8 Å². The molecule has 0 heterocycles. The Balaban J connectivity index is 5.24.